The molecular weight excluding hydrogens is 370 g/mol. The van der Waals surface area contributed by atoms with E-state index in [0.29, 0.717) is 23.4 Å². The number of anilines is 2. The van der Waals surface area contributed by atoms with Gasteiger partial charge in [-0.2, -0.15) is 0 Å². The number of aromatic amines is 1. The molecule has 2 heterocycles. The summed E-state index contributed by atoms with van der Waals surface area (Å²) in [7, 11) is 1.59. The normalized spacial score (nSPS) is 11.8. The maximum absolute atomic E-state index is 12.3. The van der Waals surface area contributed by atoms with Crippen LogP contribution in [0.1, 0.15) is 11.3 Å². The number of carbonyl (C=O) groups is 1. The average Bonchev–Trinajstić information content (AvgIpc) is 3.34. The van der Waals surface area contributed by atoms with Gasteiger partial charge < -0.3 is 20.4 Å². The van der Waals surface area contributed by atoms with Crippen molar-refractivity contribution < 1.29 is 9.53 Å². The first-order chi connectivity index (χ1) is 14.1. The summed E-state index contributed by atoms with van der Waals surface area (Å²) in [6, 6.07) is 12.4. The number of imidazole rings is 1. The van der Waals surface area contributed by atoms with Crippen LogP contribution in [0.25, 0.3) is 16.9 Å². The van der Waals surface area contributed by atoms with Crippen LogP contribution >= 0.6 is 0 Å². The quantitative estimate of drug-likeness (QED) is 0.442. The molecule has 5 rings (SSSR count). The Hall–Kier alpha value is -4.07. The molecule has 29 heavy (non-hydrogen) atoms. The van der Waals surface area contributed by atoms with Crippen molar-refractivity contribution in [1.82, 2.24) is 14.4 Å². The van der Waals surface area contributed by atoms with E-state index in [1.165, 1.54) is 0 Å². The third kappa shape index (κ3) is 2.91. The van der Waals surface area contributed by atoms with E-state index in [2.05, 4.69) is 20.6 Å². The average molecular weight is 387 g/mol. The highest BCUT2D eigenvalue weighted by Gasteiger charge is 2.23. The predicted molar refractivity (Wildman–Crippen MR) is 110 cm³/mol. The van der Waals surface area contributed by atoms with E-state index in [0.717, 1.165) is 28.3 Å². The number of fused-ring (bicyclic) bond motifs is 5. The van der Waals surface area contributed by atoms with Crippen LogP contribution in [0.4, 0.5) is 16.2 Å². The van der Waals surface area contributed by atoms with Crippen molar-refractivity contribution in [3.8, 4) is 17.0 Å². The number of urea groups is 1. The second kappa shape index (κ2) is 6.52. The largest absolute Gasteiger partial charge is 0.497 e. The number of carbonyl (C=O) groups excluding carboxylic acids is 1. The molecule has 0 atom stereocenters. The summed E-state index contributed by atoms with van der Waals surface area (Å²) in [5.74, 6) is 0.721. The number of rotatable bonds is 3. The number of methoxy groups -OCH3 is 1. The van der Waals surface area contributed by atoms with Crippen molar-refractivity contribution in [2.24, 2.45) is 0 Å². The Bertz CT molecular complexity index is 1300. The SMILES string of the molecule is COc1ccc(NC(=O)Nc2ccc3c(c2)Cc2c-3[nH]c(=O)c3nccn23)cc1. The molecule has 0 radical (unpaired) electrons. The van der Waals surface area contributed by atoms with Gasteiger partial charge in [-0.1, -0.05) is 6.07 Å². The summed E-state index contributed by atoms with van der Waals surface area (Å²) >= 11 is 0. The molecule has 0 spiro atoms. The number of nitrogens with zero attached hydrogens (tertiary/aromatic N) is 2. The molecule has 1 aliphatic carbocycles. The van der Waals surface area contributed by atoms with Gasteiger partial charge in [-0.25, -0.2) is 9.78 Å². The number of aromatic nitrogens is 3. The molecule has 0 fully saturated rings. The molecule has 3 N–H and O–H groups in total. The summed E-state index contributed by atoms with van der Waals surface area (Å²) in [4.78, 5) is 31.6. The van der Waals surface area contributed by atoms with Crippen LogP contribution in [0.3, 0.4) is 0 Å². The molecule has 0 saturated heterocycles. The van der Waals surface area contributed by atoms with Crippen molar-refractivity contribution in [2.45, 2.75) is 6.42 Å². The Labute approximate surface area is 165 Å². The molecule has 2 amide bonds. The van der Waals surface area contributed by atoms with Crippen molar-refractivity contribution in [1.29, 1.82) is 0 Å². The maximum Gasteiger partial charge on any atom is 0.323 e. The van der Waals surface area contributed by atoms with Gasteiger partial charge in [0.05, 0.1) is 18.5 Å². The fourth-order valence-electron chi connectivity index (χ4n) is 3.66. The second-order valence-corrected chi connectivity index (χ2v) is 6.75. The first-order valence-corrected chi connectivity index (χ1v) is 9.06. The van der Waals surface area contributed by atoms with Crippen LogP contribution in [0, 0.1) is 0 Å². The lowest BCUT2D eigenvalue weighted by Crippen LogP contribution is -2.19. The molecule has 2 aromatic heterocycles. The predicted octanol–water partition coefficient (Wildman–Crippen LogP) is 3.25. The van der Waals surface area contributed by atoms with Crippen molar-refractivity contribution in [3.05, 3.63) is 76.5 Å². The van der Waals surface area contributed by atoms with Crippen LogP contribution in [-0.4, -0.2) is 27.5 Å². The number of H-pyrrole nitrogens is 1. The van der Waals surface area contributed by atoms with Gasteiger partial charge >= 0.3 is 6.03 Å². The number of benzene rings is 2. The highest BCUT2D eigenvalue weighted by atomic mass is 16.5. The van der Waals surface area contributed by atoms with E-state index in [4.69, 9.17) is 4.74 Å². The summed E-state index contributed by atoms with van der Waals surface area (Å²) in [5, 5.41) is 5.64. The summed E-state index contributed by atoms with van der Waals surface area (Å²) in [6.07, 6.45) is 4.05. The summed E-state index contributed by atoms with van der Waals surface area (Å²) < 4.78 is 6.93. The molecule has 0 bridgehead atoms. The van der Waals surface area contributed by atoms with Gasteiger partial charge in [-0.3, -0.25) is 9.20 Å². The maximum atomic E-state index is 12.3. The lowest BCUT2D eigenvalue weighted by molar-refractivity contribution is 0.262. The third-order valence-electron chi connectivity index (χ3n) is 5.00. The summed E-state index contributed by atoms with van der Waals surface area (Å²) in [5.41, 5.74) is 5.25. The zero-order valence-electron chi connectivity index (χ0n) is 15.5. The van der Waals surface area contributed by atoms with E-state index in [1.807, 2.05) is 22.6 Å². The minimum atomic E-state index is -0.337. The van der Waals surface area contributed by atoms with Crippen LogP contribution < -0.4 is 20.9 Å². The van der Waals surface area contributed by atoms with E-state index < -0.39 is 0 Å². The van der Waals surface area contributed by atoms with Crippen LogP contribution in [0.2, 0.25) is 0 Å². The van der Waals surface area contributed by atoms with E-state index in [1.54, 1.807) is 43.8 Å². The molecule has 4 aromatic rings. The monoisotopic (exact) mass is 387 g/mol. The molecule has 8 nitrogen and oxygen atoms in total. The van der Waals surface area contributed by atoms with E-state index in [-0.39, 0.29) is 11.6 Å². The standard InChI is InChI=1S/C21H17N5O3/c1-29-15-5-2-13(3-6-15)23-21(28)24-14-4-7-16-12(10-14)11-17-18(16)25-20(27)19-22-8-9-26(17)19/h2-10H,11H2,1H3,(H,25,27)(H2,23,24,28). The number of hydrogen-bond donors (Lipinski definition) is 3. The van der Waals surface area contributed by atoms with E-state index >= 15 is 0 Å². The first kappa shape index (κ1) is 17.1. The lowest BCUT2D eigenvalue weighted by atomic mass is 10.1. The highest BCUT2D eigenvalue weighted by molar-refractivity contribution is 6.00. The Morgan fingerprint density at radius 1 is 1.14 bits per heavy atom. The van der Waals surface area contributed by atoms with Gasteiger partial charge in [0, 0.05) is 35.8 Å². The van der Waals surface area contributed by atoms with Crippen molar-refractivity contribution in [3.63, 3.8) is 0 Å². The lowest BCUT2D eigenvalue weighted by Gasteiger charge is -2.09. The Morgan fingerprint density at radius 3 is 2.69 bits per heavy atom. The Balaban J connectivity index is 1.37. The molecule has 0 aliphatic heterocycles. The Kier molecular flexibility index (Phi) is 3.83. The third-order valence-corrected chi connectivity index (χ3v) is 5.00. The molecular formula is C21H17N5O3. The zero-order valence-corrected chi connectivity index (χ0v) is 15.5. The Morgan fingerprint density at radius 2 is 1.90 bits per heavy atom. The van der Waals surface area contributed by atoms with Crippen LogP contribution in [0.15, 0.2) is 59.7 Å². The van der Waals surface area contributed by atoms with Gasteiger partial charge in [0.25, 0.3) is 5.56 Å². The molecule has 1 aliphatic rings. The smallest absolute Gasteiger partial charge is 0.323 e. The zero-order chi connectivity index (χ0) is 20.0. The fraction of sp³-hybridized carbons (Fsp3) is 0.0952. The molecule has 144 valence electrons. The van der Waals surface area contributed by atoms with Crippen molar-refractivity contribution in [2.75, 3.05) is 17.7 Å². The van der Waals surface area contributed by atoms with Crippen LogP contribution in [0.5, 0.6) is 5.75 Å². The van der Waals surface area contributed by atoms with Gasteiger partial charge in [0.1, 0.15) is 5.75 Å². The number of hydrogen-bond acceptors (Lipinski definition) is 4. The summed E-state index contributed by atoms with van der Waals surface area (Å²) in [6.45, 7) is 0. The van der Waals surface area contributed by atoms with Gasteiger partial charge in [-0.05, 0) is 42.0 Å². The topological polar surface area (TPSA) is 101 Å². The molecule has 0 unspecified atom stereocenters. The minimum Gasteiger partial charge on any atom is -0.497 e. The molecule has 0 saturated carbocycles. The number of amides is 2. The second-order valence-electron chi connectivity index (χ2n) is 6.75. The van der Waals surface area contributed by atoms with Gasteiger partial charge in [0.15, 0.2) is 0 Å². The van der Waals surface area contributed by atoms with Gasteiger partial charge in [-0.15, -0.1) is 0 Å². The molecule has 2 aromatic carbocycles. The first-order valence-electron chi connectivity index (χ1n) is 9.06. The van der Waals surface area contributed by atoms with Crippen LogP contribution in [-0.2, 0) is 6.42 Å². The number of nitrogens with one attached hydrogen (secondary N) is 3. The van der Waals surface area contributed by atoms with E-state index in [9.17, 15) is 9.59 Å². The highest BCUT2D eigenvalue weighted by Crippen LogP contribution is 2.36. The van der Waals surface area contributed by atoms with Crippen molar-refractivity contribution >= 4 is 23.1 Å². The number of ether oxygens (including phenoxy) is 1. The minimum absolute atomic E-state index is 0.220. The fourth-order valence-corrected chi connectivity index (χ4v) is 3.66. The molecule has 8 heteroatoms. The van der Waals surface area contributed by atoms with Gasteiger partial charge in [0.2, 0.25) is 5.65 Å².